The Morgan fingerprint density at radius 2 is 0.282 bits per heavy atom. The smallest absolute Gasteiger partial charge is 0.747 e. The maximum Gasteiger partial charge on any atom is 1.00 e. The summed E-state index contributed by atoms with van der Waals surface area (Å²) in [6.45, 7) is 9.16. The quantitative estimate of drug-likeness (QED) is 0.0170. The first-order chi connectivity index (χ1) is 57.1. The van der Waals surface area contributed by atoms with Gasteiger partial charge in [-0.25, -0.2) is 33.7 Å². The second-order valence-corrected chi connectivity index (χ2v) is 38.7. The van der Waals surface area contributed by atoms with Crippen LogP contribution in [0.1, 0.15) is 464 Å². The largest absolute Gasteiger partial charge is 1.00 e. The monoisotopic (exact) mass is 1890 g/mol. The fraction of sp³-hybridized carbons (Fsp3) is 0.909. The number of esters is 4. The number of rotatable bonds is 84. The van der Waals surface area contributed by atoms with E-state index in [1.54, 1.807) is 0 Å². The van der Waals surface area contributed by atoms with E-state index in [0.717, 1.165) is 77.0 Å². The minimum absolute atomic E-state index is 0. The van der Waals surface area contributed by atoms with E-state index < -0.39 is 135 Å². The second-order valence-electron chi connectivity index (χ2n) is 32.5. The van der Waals surface area contributed by atoms with E-state index in [1.807, 2.05) is 0 Å². The average molecular weight is 1890 g/mol. The molecule has 0 aromatic rings. The van der Waals surface area contributed by atoms with Crippen molar-refractivity contribution in [2.75, 3.05) is 26.4 Å². The van der Waals surface area contributed by atoms with Crippen LogP contribution in [0.2, 0.25) is 0 Å². The Bertz CT molecular complexity index is 2620. The zero-order valence-corrected chi connectivity index (χ0v) is 90.2. The molecular formula is C88H168N4Na4O24S4. The van der Waals surface area contributed by atoms with Crippen LogP contribution in [0.3, 0.4) is 0 Å². The second kappa shape index (κ2) is 98.4. The maximum absolute atomic E-state index is 11.7. The third kappa shape index (κ3) is 102. The molecule has 0 saturated heterocycles. The van der Waals surface area contributed by atoms with Gasteiger partial charge in [-0.15, -0.1) is 0 Å². The Kier molecular flexibility index (Phi) is 110. The molecule has 0 rings (SSSR count). The first kappa shape index (κ1) is 139. The van der Waals surface area contributed by atoms with Crippen LogP contribution in [-0.4, -0.2) is 147 Å². The van der Waals surface area contributed by atoms with Crippen molar-refractivity contribution in [2.45, 2.75) is 485 Å². The minimum Gasteiger partial charge on any atom is -0.747 e. The fourth-order valence-corrected chi connectivity index (χ4v) is 16.3. The minimum atomic E-state index is -4.96. The molecular weight excluding hydrogens is 1720 g/mol. The Hall–Kier alpha value is -0.600. The zero-order chi connectivity index (χ0) is 90.7. The number of hydrogen-bond donors (Lipinski definition) is 4. The summed E-state index contributed by atoms with van der Waals surface area (Å²) in [7, 11) is -19.8. The Balaban J connectivity index is -0.000000239. The summed E-state index contributed by atoms with van der Waals surface area (Å²) in [6, 6.07) is 0. The van der Waals surface area contributed by atoms with E-state index >= 15 is 0 Å². The number of ether oxygens (including phenoxy) is 4. The fourth-order valence-electron chi connectivity index (χ4n) is 13.6. The van der Waals surface area contributed by atoms with Gasteiger partial charge in [0.15, 0.2) is 21.0 Å². The molecule has 712 valence electrons. The number of unbranched alkanes of at least 4 members (excludes halogenated alkanes) is 60. The molecule has 0 bridgehead atoms. The van der Waals surface area contributed by atoms with Gasteiger partial charge in [-0.05, 0) is 25.7 Å². The average Bonchev–Trinajstić information content (AvgIpc) is 0.879. The van der Waals surface area contributed by atoms with Gasteiger partial charge in [-0.3, -0.25) is 38.4 Å². The van der Waals surface area contributed by atoms with Crippen molar-refractivity contribution in [2.24, 2.45) is 22.9 Å². The van der Waals surface area contributed by atoms with Crippen LogP contribution in [0.5, 0.6) is 0 Å². The summed E-state index contributed by atoms with van der Waals surface area (Å²) in [5.41, 5.74) is 19.5. The number of nitrogens with two attached hydrogens (primary N) is 4. The third-order valence-corrected chi connectivity index (χ3v) is 25.2. The van der Waals surface area contributed by atoms with Gasteiger partial charge in [-0.2, -0.15) is 0 Å². The number of carbonyl (C=O) groups is 8. The molecule has 8 N–H and O–H groups in total. The van der Waals surface area contributed by atoms with Crippen LogP contribution in [0.15, 0.2) is 0 Å². The summed E-state index contributed by atoms with van der Waals surface area (Å²) in [5, 5.41) is -8.18. The van der Waals surface area contributed by atoms with Crippen molar-refractivity contribution < 1.29 is 227 Å². The molecule has 36 heteroatoms. The number of amides is 4. The normalized spacial score (nSPS) is 12.2. The number of carbonyl (C=O) groups excluding carboxylic acids is 8. The van der Waals surface area contributed by atoms with Crippen LogP contribution < -0.4 is 141 Å². The molecule has 4 atom stereocenters. The molecule has 0 aliphatic carbocycles. The summed E-state index contributed by atoms with van der Waals surface area (Å²) in [4.78, 5) is 89.9. The van der Waals surface area contributed by atoms with Crippen LogP contribution in [0.4, 0.5) is 0 Å². The summed E-state index contributed by atoms with van der Waals surface area (Å²) < 4.78 is 152. The molecule has 0 fully saturated rings. The van der Waals surface area contributed by atoms with Crippen molar-refractivity contribution in [3.05, 3.63) is 0 Å². The molecule has 4 amide bonds. The SMILES string of the molecule is CCCCCCCCCCCCCCCCCCOC(=O)C(CC(N)=O)S(=O)(=O)[O-].CCCCCCCCCCCCCCCCCCOC(=O)C(CC(N)=O)S(=O)(=O)[O-].CCCCCCCCCCCCCCCCCCOC(=O)C(CC(N)=O)S(=O)(=O)[O-].CCCCCCCCCCCCCCCCCCOC(=O)C(CC(N)=O)S(=O)(=O)[O-].[Na+].[Na+].[Na+].[Na+]. The molecule has 0 aromatic heterocycles. The van der Waals surface area contributed by atoms with Gasteiger partial charge in [0.05, 0.1) is 52.1 Å². The molecule has 124 heavy (non-hydrogen) atoms. The Morgan fingerprint density at radius 1 is 0.194 bits per heavy atom. The molecule has 28 nitrogen and oxygen atoms in total. The van der Waals surface area contributed by atoms with Gasteiger partial charge in [0.1, 0.15) is 40.5 Å². The van der Waals surface area contributed by atoms with E-state index in [4.69, 9.17) is 41.9 Å². The Labute approximate surface area is 841 Å². The van der Waals surface area contributed by atoms with E-state index in [0.29, 0.717) is 25.7 Å². The first-order valence-electron chi connectivity index (χ1n) is 46.7. The number of primary amides is 4. The third-order valence-electron chi connectivity index (χ3n) is 21.0. The van der Waals surface area contributed by atoms with Gasteiger partial charge in [-0.1, -0.05) is 413 Å². The Morgan fingerprint density at radius 3 is 0.363 bits per heavy atom. The van der Waals surface area contributed by atoms with Gasteiger partial charge in [0, 0.05) is 0 Å². The van der Waals surface area contributed by atoms with Crippen molar-refractivity contribution in [3.63, 3.8) is 0 Å². The molecule has 0 heterocycles. The molecule has 0 aliphatic rings. The van der Waals surface area contributed by atoms with Crippen LogP contribution in [-0.2, 0) is 97.8 Å². The van der Waals surface area contributed by atoms with Gasteiger partial charge >= 0.3 is 142 Å². The van der Waals surface area contributed by atoms with E-state index in [1.165, 1.54) is 308 Å². The van der Waals surface area contributed by atoms with E-state index in [9.17, 15) is 90.2 Å². The van der Waals surface area contributed by atoms with Gasteiger partial charge < -0.3 is 60.1 Å². The zero-order valence-electron chi connectivity index (χ0n) is 79.0. The van der Waals surface area contributed by atoms with Crippen LogP contribution in [0, 0.1) is 0 Å². The van der Waals surface area contributed by atoms with Crippen molar-refractivity contribution in [1.29, 1.82) is 0 Å². The molecule has 0 spiro atoms. The molecule has 4 unspecified atom stereocenters. The molecule has 0 aliphatic heterocycles. The maximum atomic E-state index is 11.7. The van der Waals surface area contributed by atoms with E-state index in [2.05, 4.69) is 27.7 Å². The number of hydrogen-bond acceptors (Lipinski definition) is 24. The standard InChI is InChI=1S/4C22H43NO6S.4Na/c4*1-2-3-4-5-6-7-8-9-10-11-12-13-14-15-16-17-18-29-22(25)20(19-21(23)24)30(26,27)28;;;;/h4*20H,2-19H2,1H3,(H2,23,24)(H,26,27,28);;;;/q;;;;4*+1/p-4. The predicted octanol–water partition coefficient (Wildman–Crippen LogP) is 6.34. The predicted molar refractivity (Wildman–Crippen MR) is 471 cm³/mol. The molecule has 0 saturated carbocycles. The molecule has 0 aromatic carbocycles. The van der Waals surface area contributed by atoms with Crippen molar-refractivity contribution in [3.8, 4) is 0 Å². The molecule has 0 radical (unpaired) electrons. The topological polar surface area (TPSA) is 506 Å². The summed E-state index contributed by atoms with van der Waals surface area (Å²) in [6.07, 6.45) is 75.0. The van der Waals surface area contributed by atoms with Crippen LogP contribution in [0.25, 0.3) is 0 Å². The summed E-state index contributed by atoms with van der Waals surface area (Å²) in [5.74, 6) is -8.88. The van der Waals surface area contributed by atoms with Crippen molar-refractivity contribution >= 4 is 88.0 Å². The summed E-state index contributed by atoms with van der Waals surface area (Å²) >= 11 is 0. The van der Waals surface area contributed by atoms with Gasteiger partial charge in [0.2, 0.25) is 23.6 Å². The van der Waals surface area contributed by atoms with Crippen LogP contribution >= 0.6 is 0 Å². The van der Waals surface area contributed by atoms with Crippen molar-refractivity contribution in [1.82, 2.24) is 0 Å². The van der Waals surface area contributed by atoms with Gasteiger partial charge in [0.25, 0.3) is 0 Å². The van der Waals surface area contributed by atoms with E-state index in [-0.39, 0.29) is 145 Å². The first-order valence-corrected chi connectivity index (χ1v) is 52.6.